The van der Waals surface area contributed by atoms with Crippen molar-refractivity contribution in [3.63, 3.8) is 0 Å². The van der Waals surface area contributed by atoms with Gasteiger partial charge in [0.05, 0.1) is 18.3 Å². The number of imidazole rings is 1. The van der Waals surface area contributed by atoms with E-state index in [1.54, 1.807) is 12.4 Å². The Kier molecular flexibility index (Phi) is 4.46. The lowest BCUT2D eigenvalue weighted by Gasteiger charge is -2.27. The van der Waals surface area contributed by atoms with Gasteiger partial charge in [0.25, 0.3) is 0 Å². The lowest BCUT2D eigenvalue weighted by molar-refractivity contribution is -0.110. The Hall–Kier alpha value is -3.29. The number of H-pyrrole nitrogens is 1. The molecule has 1 N–H and O–H groups in total. The molecule has 2 aromatic heterocycles. The van der Waals surface area contributed by atoms with Gasteiger partial charge in [0.2, 0.25) is 0 Å². The van der Waals surface area contributed by atoms with E-state index in [1.165, 1.54) is 6.33 Å². The first-order valence-electron chi connectivity index (χ1n) is 9.91. The molecule has 8 nitrogen and oxygen atoms in total. The summed E-state index contributed by atoms with van der Waals surface area (Å²) >= 11 is 0. The number of anilines is 1. The van der Waals surface area contributed by atoms with Crippen molar-refractivity contribution in [1.82, 2.24) is 19.9 Å². The summed E-state index contributed by atoms with van der Waals surface area (Å²) in [5.74, 6) is 0.952. The second-order valence-electron chi connectivity index (χ2n) is 7.53. The number of aromatic amines is 1. The van der Waals surface area contributed by atoms with Crippen LogP contribution in [0, 0.1) is 5.92 Å². The fourth-order valence-electron chi connectivity index (χ4n) is 4.39. The molecule has 29 heavy (non-hydrogen) atoms. The molecule has 3 aromatic rings. The number of nitrogens with zero attached hydrogens (tertiary/aromatic N) is 4. The highest BCUT2D eigenvalue weighted by molar-refractivity contribution is 6.07. The van der Waals surface area contributed by atoms with Crippen LogP contribution in [0.5, 0.6) is 5.75 Å². The van der Waals surface area contributed by atoms with Crippen molar-refractivity contribution >= 4 is 29.1 Å². The summed E-state index contributed by atoms with van der Waals surface area (Å²) in [6, 6.07) is 5.70. The van der Waals surface area contributed by atoms with E-state index in [9.17, 15) is 9.59 Å². The average Bonchev–Trinajstić information content (AvgIpc) is 3.42. The lowest BCUT2D eigenvalue weighted by atomic mass is 9.83. The van der Waals surface area contributed by atoms with Crippen LogP contribution in [0.2, 0.25) is 0 Å². The molecule has 1 aliphatic heterocycles. The summed E-state index contributed by atoms with van der Waals surface area (Å²) in [5, 5.41) is 0. The van der Waals surface area contributed by atoms with Gasteiger partial charge in [0, 0.05) is 17.7 Å². The summed E-state index contributed by atoms with van der Waals surface area (Å²) in [7, 11) is 0. The van der Waals surface area contributed by atoms with Gasteiger partial charge in [-0.2, -0.15) is 0 Å². The quantitative estimate of drug-likeness (QED) is 0.526. The zero-order valence-electron chi connectivity index (χ0n) is 15.9. The Labute approximate surface area is 167 Å². The van der Waals surface area contributed by atoms with Gasteiger partial charge in [-0.25, -0.2) is 15.0 Å². The number of hydrogen-bond donors (Lipinski definition) is 1. The number of ether oxygens (including phenoxy) is 1. The number of ketones is 1. The number of fused-ring (bicyclic) bond motifs is 2. The Morgan fingerprint density at radius 3 is 3.07 bits per heavy atom. The van der Waals surface area contributed by atoms with Crippen molar-refractivity contribution < 1.29 is 14.3 Å². The van der Waals surface area contributed by atoms with Gasteiger partial charge in [0.1, 0.15) is 30.5 Å². The summed E-state index contributed by atoms with van der Waals surface area (Å²) in [6.07, 6.45) is 7.20. The van der Waals surface area contributed by atoms with E-state index in [4.69, 9.17) is 4.74 Å². The zero-order chi connectivity index (χ0) is 19.8. The molecule has 8 heteroatoms. The number of hydrogen-bond acceptors (Lipinski definition) is 7. The SMILES string of the molecule is O=CC1CCc2c(OC[C@H]3CCCN3c3ncnc4nc[nH]c34)cccc2C1=O. The minimum Gasteiger partial charge on any atom is -0.491 e. The minimum atomic E-state index is -0.530. The maximum absolute atomic E-state index is 12.5. The molecular weight excluding hydrogens is 370 g/mol. The van der Waals surface area contributed by atoms with Gasteiger partial charge in [-0.3, -0.25) is 4.79 Å². The van der Waals surface area contributed by atoms with Crippen LogP contribution in [0.1, 0.15) is 35.2 Å². The minimum absolute atomic E-state index is 0.100. The first-order valence-corrected chi connectivity index (χ1v) is 9.91. The highest BCUT2D eigenvalue weighted by Gasteiger charge is 2.31. The van der Waals surface area contributed by atoms with E-state index in [-0.39, 0.29) is 11.8 Å². The number of Topliss-reactive ketones (excluding diaryl/α,β-unsaturated/α-hetero) is 1. The first kappa shape index (κ1) is 17.8. The predicted octanol–water partition coefficient (Wildman–Crippen LogP) is 2.34. The molecule has 3 heterocycles. The monoisotopic (exact) mass is 391 g/mol. The van der Waals surface area contributed by atoms with Gasteiger partial charge in [-0.15, -0.1) is 0 Å². The number of carbonyl (C=O) groups is 2. The van der Waals surface area contributed by atoms with Crippen molar-refractivity contribution in [2.45, 2.75) is 31.7 Å². The molecule has 1 unspecified atom stereocenters. The van der Waals surface area contributed by atoms with E-state index in [1.807, 2.05) is 12.1 Å². The maximum Gasteiger partial charge on any atom is 0.182 e. The van der Waals surface area contributed by atoms with Crippen LogP contribution in [0.4, 0.5) is 5.82 Å². The number of benzene rings is 1. The lowest BCUT2D eigenvalue weighted by Crippen LogP contribution is -2.35. The van der Waals surface area contributed by atoms with Gasteiger partial charge in [-0.05, 0) is 31.7 Å². The number of aromatic nitrogens is 4. The summed E-state index contributed by atoms with van der Waals surface area (Å²) in [6.45, 7) is 1.40. The highest BCUT2D eigenvalue weighted by atomic mass is 16.5. The number of nitrogens with one attached hydrogen (secondary N) is 1. The number of aldehydes is 1. The molecule has 5 rings (SSSR count). The van der Waals surface area contributed by atoms with Crippen molar-refractivity contribution in [2.24, 2.45) is 5.92 Å². The van der Waals surface area contributed by atoms with Crippen LogP contribution in [0.15, 0.2) is 30.9 Å². The van der Waals surface area contributed by atoms with E-state index in [2.05, 4.69) is 24.8 Å². The van der Waals surface area contributed by atoms with Gasteiger partial charge < -0.3 is 19.4 Å². The molecule has 0 saturated carbocycles. The number of carbonyl (C=O) groups excluding carboxylic acids is 2. The Morgan fingerprint density at radius 1 is 1.24 bits per heavy atom. The molecule has 0 spiro atoms. The second-order valence-corrected chi connectivity index (χ2v) is 7.53. The fourth-order valence-corrected chi connectivity index (χ4v) is 4.39. The van der Waals surface area contributed by atoms with Crippen molar-refractivity contribution in [2.75, 3.05) is 18.1 Å². The van der Waals surface area contributed by atoms with E-state index in [0.29, 0.717) is 30.7 Å². The Morgan fingerprint density at radius 2 is 2.17 bits per heavy atom. The largest absolute Gasteiger partial charge is 0.491 e. The molecular formula is C21H21N5O3. The third-order valence-electron chi connectivity index (χ3n) is 5.89. The maximum atomic E-state index is 12.5. The first-order chi connectivity index (χ1) is 14.3. The topological polar surface area (TPSA) is 101 Å². The van der Waals surface area contributed by atoms with Crippen LogP contribution in [-0.4, -0.2) is 51.2 Å². The molecule has 0 radical (unpaired) electrons. The van der Waals surface area contributed by atoms with Crippen molar-refractivity contribution in [1.29, 1.82) is 0 Å². The molecule has 1 saturated heterocycles. The molecule has 0 bridgehead atoms. The normalized spacial score (nSPS) is 21.4. The van der Waals surface area contributed by atoms with Crippen LogP contribution in [0.25, 0.3) is 11.2 Å². The van der Waals surface area contributed by atoms with Crippen LogP contribution < -0.4 is 9.64 Å². The molecule has 148 valence electrons. The number of rotatable bonds is 5. The molecule has 2 atom stereocenters. The summed E-state index contributed by atoms with van der Waals surface area (Å²) in [5.41, 5.74) is 3.02. The highest BCUT2D eigenvalue weighted by Crippen LogP contribution is 2.33. The Balaban J connectivity index is 1.37. The van der Waals surface area contributed by atoms with E-state index < -0.39 is 5.92 Å². The van der Waals surface area contributed by atoms with Crippen LogP contribution in [0.3, 0.4) is 0 Å². The molecule has 1 fully saturated rings. The second kappa shape index (κ2) is 7.27. The van der Waals surface area contributed by atoms with Crippen LogP contribution in [-0.2, 0) is 11.2 Å². The summed E-state index contributed by atoms with van der Waals surface area (Å²) in [4.78, 5) is 41.9. The standard InChI is InChI=1S/C21H21N5O3/c27-9-13-6-7-15-16(19(13)28)4-1-5-17(15)29-10-14-3-2-8-26(14)21-18-20(23-11-22-18)24-12-25-21/h1,4-5,9,11-14H,2-3,6-8,10H2,(H,22,23,24,25)/t13?,14-/m1/s1. The third-order valence-corrected chi connectivity index (χ3v) is 5.89. The fraction of sp³-hybridized carbons (Fsp3) is 0.381. The van der Waals surface area contributed by atoms with Gasteiger partial charge in [-0.1, -0.05) is 12.1 Å². The van der Waals surface area contributed by atoms with Crippen molar-refractivity contribution in [3.8, 4) is 5.75 Å². The predicted molar refractivity (Wildman–Crippen MR) is 106 cm³/mol. The van der Waals surface area contributed by atoms with Crippen molar-refractivity contribution in [3.05, 3.63) is 42.0 Å². The smallest absolute Gasteiger partial charge is 0.182 e. The zero-order valence-corrected chi connectivity index (χ0v) is 15.9. The van der Waals surface area contributed by atoms with E-state index >= 15 is 0 Å². The molecule has 1 aliphatic carbocycles. The van der Waals surface area contributed by atoms with Crippen LogP contribution >= 0.6 is 0 Å². The Bertz CT molecular complexity index is 1080. The molecule has 2 aliphatic rings. The molecule has 1 aromatic carbocycles. The third kappa shape index (κ3) is 3.04. The summed E-state index contributed by atoms with van der Waals surface area (Å²) < 4.78 is 6.20. The average molecular weight is 391 g/mol. The molecule has 0 amide bonds. The van der Waals surface area contributed by atoms with Gasteiger partial charge in [0.15, 0.2) is 17.2 Å². The van der Waals surface area contributed by atoms with E-state index in [0.717, 1.165) is 48.3 Å². The van der Waals surface area contributed by atoms with Gasteiger partial charge >= 0.3 is 0 Å².